The smallest absolute Gasteiger partial charge is 0.341 e. The van der Waals surface area contributed by atoms with E-state index in [1.165, 1.54) is 0 Å². The molecule has 3 N–H and O–H groups in total. The van der Waals surface area contributed by atoms with Gasteiger partial charge in [0.25, 0.3) is 0 Å². The Morgan fingerprint density at radius 1 is 1.64 bits per heavy atom. The molecular weight excluding hydrogens is 248 g/mol. The lowest BCUT2D eigenvalue weighted by Gasteiger charge is -2.09. The van der Waals surface area contributed by atoms with Crippen LogP contribution in [0.4, 0.5) is 5.69 Å². The zero-order valence-corrected chi connectivity index (χ0v) is 9.30. The molecule has 0 atom stereocenters. The van der Waals surface area contributed by atoms with Crippen LogP contribution >= 0.6 is 15.9 Å². The molecule has 0 aliphatic rings. The number of nitrogen functional groups attached to an aromatic ring is 1. The van der Waals surface area contributed by atoms with E-state index < -0.39 is 5.97 Å². The summed E-state index contributed by atoms with van der Waals surface area (Å²) in [6.45, 7) is 2.09. The van der Waals surface area contributed by atoms with Gasteiger partial charge in [0.1, 0.15) is 0 Å². The molecule has 0 bridgehead atoms. The summed E-state index contributed by atoms with van der Waals surface area (Å²) in [5.41, 5.74) is 3.40. The molecule has 5 heteroatoms. The van der Waals surface area contributed by atoms with Gasteiger partial charge in [0.2, 0.25) is 0 Å². The van der Waals surface area contributed by atoms with E-state index in [-0.39, 0.29) is 0 Å². The van der Waals surface area contributed by atoms with Gasteiger partial charge in [0, 0.05) is 4.47 Å². The summed E-state index contributed by atoms with van der Waals surface area (Å²) < 4.78 is 5.55. The van der Waals surface area contributed by atoms with Crippen molar-refractivity contribution >= 4 is 27.6 Å². The molecule has 0 radical (unpaired) electrons. The number of rotatable bonds is 3. The van der Waals surface area contributed by atoms with Crippen molar-refractivity contribution in [3.63, 3.8) is 0 Å². The number of hydrogen-bond acceptors (Lipinski definition) is 4. The summed E-state index contributed by atoms with van der Waals surface area (Å²) in [6.07, 6.45) is 0. The molecule has 76 valence electrons. The van der Waals surface area contributed by atoms with Gasteiger partial charge in [-0.3, -0.25) is 5.84 Å². The van der Waals surface area contributed by atoms with E-state index in [4.69, 9.17) is 10.6 Å². The van der Waals surface area contributed by atoms with Gasteiger partial charge in [-0.1, -0.05) is 6.07 Å². The predicted molar refractivity (Wildman–Crippen MR) is 57.9 cm³/mol. The normalized spacial score (nSPS) is 9.64. The number of hydrazine groups is 1. The lowest BCUT2D eigenvalue weighted by Crippen LogP contribution is -2.14. The van der Waals surface area contributed by atoms with Crippen LogP contribution in [0, 0.1) is 0 Å². The Morgan fingerprint density at radius 3 is 2.93 bits per heavy atom. The molecule has 1 rings (SSSR count). The molecule has 0 aliphatic carbocycles. The highest BCUT2D eigenvalue weighted by molar-refractivity contribution is 9.10. The first-order valence-electron chi connectivity index (χ1n) is 4.13. The van der Waals surface area contributed by atoms with E-state index in [0.29, 0.717) is 22.3 Å². The fourth-order valence-corrected chi connectivity index (χ4v) is 1.58. The van der Waals surface area contributed by atoms with E-state index in [1.807, 2.05) is 0 Å². The van der Waals surface area contributed by atoms with Crippen LogP contribution in [-0.2, 0) is 4.74 Å². The Bertz CT molecular complexity index is 342. The zero-order chi connectivity index (χ0) is 10.6. The molecule has 4 nitrogen and oxygen atoms in total. The first kappa shape index (κ1) is 11.0. The molecule has 0 fully saturated rings. The van der Waals surface area contributed by atoms with Gasteiger partial charge in [-0.05, 0) is 35.0 Å². The maximum atomic E-state index is 11.5. The number of anilines is 1. The van der Waals surface area contributed by atoms with Crippen molar-refractivity contribution < 1.29 is 9.53 Å². The standard InChI is InChI=1S/C9H11BrN2O2/c1-2-14-9(13)8-6(10)4-3-5-7(8)12-11/h3-5,12H,2,11H2,1H3. The average molecular weight is 259 g/mol. The Labute approximate surface area is 90.5 Å². The molecule has 0 spiro atoms. The minimum Gasteiger partial charge on any atom is -0.462 e. The summed E-state index contributed by atoms with van der Waals surface area (Å²) in [4.78, 5) is 11.5. The summed E-state index contributed by atoms with van der Waals surface area (Å²) >= 11 is 3.26. The number of carbonyl (C=O) groups is 1. The molecule has 0 saturated heterocycles. The number of nitrogens with two attached hydrogens (primary N) is 1. The molecule has 0 aliphatic heterocycles. The molecule has 1 aromatic carbocycles. The van der Waals surface area contributed by atoms with Gasteiger partial charge in [-0.2, -0.15) is 0 Å². The average Bonchev–Trinajstić information content (AvgIpc) is 2.17. The summed E-state index contributed by atoms with van der Waals surface area (Å²) in [7, 11) is 0. The number of esters is 1. The summed E-state index contributed by atoms with van der Waals surface area (Å²) in [5, 5.41) is 0. The monoisotopic (exact) mass is 258 g/mol. The molecule has 1 aromatic rings. The first-order valence-corrected chi connectivity index (χ1v) is 4.92. The lowest BCUT2D eigenvalue weighted by atomic mass is 10.2. The summed E-state index contributed by atoms with van der Waals surface area (Å²) in [6, 6.07) is 5.24. The fraction of sp³-hybridized carbons (Fsp3) is 0.222. The van der Waals surface area contributed by atoms with Gasteiger partial charge >= 0.3 is 5.97 Å². The number of nitrogens with one attached hydrogen (secondary N) is 1. The van der Waals surface area contributed by atoms with Crippen molar-refractivity contribution in [1.29, 1.82) is 0 Å². The number of hydrogen-bond donors (Lipinski definition) is 2. The molecule has 0 aromatic heterocycles. The number of benzene rings is 1. The van der Waals surface area contributed by atoms with E-state index in [1.54, 1.807) is 25.1 Å². The van der Waals surface area contributed by atoms with Crippen LogP contribution in [0.1, 0.15) is 17.3 Å². The second-order valence-corrected chi connectivity index (χ2v) is 3.38. The van der Waals surface area contributed by atoms with Crippen LogP contribution in [0.3, 0.4) is 0 Å². The van der Waals surface area contributed by atoms with Crippen LogP contribution < -0.4 is 11.3 Å². The Balaban J connectivity index is 3.10. The highest BCUT2D eigenvalue weighted by atomic mass is 79.9. The highest BCUT2D eigenvalue weighted by Crippen LogP contribution is 2.24. The molecule has 14 heavy (non-hydrogen) atoms. The van der Waals surface area contributed by atoms with Crippen molar-refractivity contribution in [3.8, 4) is 0 Å². The number of carbonyl (C=O) groups excluding carboxylic acids is 1. The largest absolute Gasteiger partial charge is 0.462 e. The van der Waals surface area contributed by atoms with Crippen LogP contribution in [0.2, 0.25) is 0 Å². The number of halogens is 1. The van der Waals surface area contributed by atoms with E-state index >= 15 is 0 Å². The second kappa shape index (κ2) is 4.97. The molecule has 0 saturated carbocycles. The van der Waals surface area contributed by atoms with Gasteiger partial charge in [-0.15, -0.1) is 0 Å². The maximum Gasteiger partial charge on any atom is 0.341 e. The fourth-order valence-electron chi connectivity index (χ4n) is 1.06. The van der Waals surface area contributed by atoms with Crippen molar-refractivity contribution in [3.05, 3.63) is 28.2 Å². The van der Waals surface area contributed by atoms with Crippen LogP contribution in [0.25, 0.3) is 0 Å². The SMILES string of the molecule is CCOC(=O)c1c(Br)cccc1NN. The summed E-state index contributed by atoms with van der Waals surface area (Å²) in [5.74, 6) is 4.88. The minimum atomic E-state index is -0.395. The highest BCUT2D eigenvalue weighted by Gasteiger charge is 2.15. The third-order valence-corrected chi connectivity index (χ3v) is 2.31. The molecule has 0 unspecified atom stereocenters. The van der Waals surface area contributed by atoms with Crippen molar-refractivity contribution in [2.45, 2.75) is 6.92 Å². The first-order chi connectivity index (χ1) is 6.70. The Kier molecular flexibility index (Phi) is 3.91. The van der Waals surface area contributed by atoms with Gasteiger partial charge < -0.3 is 10.2 Å². The van der Waals surface area contributed by atoms with Crippen LogP contribution in [0.5, 0.6) is 0 Å². The van der Waals surface area contributed by atoms with E-state index in [0.717, 1.165) is 0 Å². The minimum absolute atomic E-state index is 0.337. The Morgan fingerprint density at radius 2 is 2.36 bits per heavy atom. The Hall–Kier alpha value is -1.07. The van der Waals surface area contributed by atoms with Crippen molar-refractivity contribution in [2.75, 3.05) is 12.0 Å². The molecular formula is C9H11BrN2O2. The maximum absolute atomic E-state index is 11.5. The van der Waals surface area contributed by atoms with E-state index in [2.05, 4.69) is 21.4 Å². The quantitative estimate of drug-likeness (QED) is 0.494. The predicted octanol–water partition coefficient (Wildman–Crippen LogP) is 1.91. The van der Waals surface area contributed by atoms with Crippen molar-refractivity contribution in [1.82, 2.24) is 0 Å². The van der Waals surface area contributed by atoms with Crippen molar-refractivity contribution in [2.24, 2.45) is 5.84 Å². The third kappa shape index (κ3) is 2.24. The molecule has 0 heterocycles. The molecule has 0 amide bonds. The van der Waals surface area contributed by atoms with Gasteiger partial charge in [-0.25, -0.2) is 4.79 Å². The third-order valence-electron chi connectivity index (χ3n) is 1.65. The van der Waals surface area contributed by atoms with E-state index in [9.17, 15) is 4.79 Å². The lowest BCUT2D eigenvalue weighted by molar-refractivity contribution is 0.0526. The zero-order valence-electron chi connectivity index (χ0n) is 7.71. The van der Waals surface area contributed by atoms with Crippen LogP contribution in [0.15, 0.2) is 22.7 Å². The second-order valence-electron chi connectivity index (χ2n) is 2.53. The number of ether oxygens (including phenoxy) is 1. The van der Waals surface area contributed by atoms with Crippen LogP contribution in [-0.4, -0.2) is 12.6 Å². The topological polar surface area (TPSA) is 64.3 Å². The van der Waals surface area contributed by atoms with Gasteiger partial charge in [0.05, 0.1) is 17.9 Å². The van der Waals surface area contributed by atoms with Gasteiger partial charge in [0.15, 0.2) is 0 Å².